The van der Waals surface area contributed by atoms with Gasteiger partial charge in [0.05, 0.1) is 19.6 Å². The van der Waals surface area contributed by atoms with Crippen LogP contribution in [0.4, 0.5) is 9.59 Å². The van der Waals surface area contributed by atoms with Gasteiger partial charge in [0.25, 0.3) is 0 Å². The van der Waals surface area contributed by atoms with E-state index in [-0.39, 0.29) is 48.7 Å². The molecular weight excluding hydrogens is 510 g/mol. The second-order valence-electron chi connectivity index (χ2n) is 10.5. The Morgan fingerprint density at radius 3 is 1.79 bits per heavy atom. The fourth-order valence-corrected chi connectivity index (χ4v) is 2.96. The van der Waals surface area contributed by atoms with E-state index in [1.54, 1.807) is 33.8 Å². The lowest BCUT2D eigenvalue weighted by atomic mass is 9.88. The van der Waals surface area contributed by atoms with Gasteiger partial charge in [0.1, 0.15) is 17.7 Å². The molecule has 3 atom stereocenters. The van der Waals surface area contributed by atoms with Crippen LogP contribution in [0, 0.1) is 17.8 Å². The lowest BCUT2D eigenvalue weighted by molar-refractivity contribution is -0.152. The summed E-state index contributed by atoms with van der Waals surface area (Å²) < 4.78 is 31.3. The van der Waals surface area contributed by atoms with E-state index < -0.39 is 42.0 Å². The normalized spacial score (nSPS) is 14.3. The summed E-state index contributed by atoms with van der Waals surface area (Å²) in [7, 11) is 1.20. The molecule has 0 amide bonds. The smallest absolute Gasteiger partial charge is 0.468 e. The molecule has 1 unspecified atom stereocenters. The fraction of sp³-hybridized carbons (Fsp3) is 0.643. The van der Waals surface area contributed by atoms with Gasteiger partial charge in [-0.15, -0.1) is 0 Å². The quantitative estimate of drug-likeness (QED) is 0.204. The van der Waals surface area contributed by atoms with Crippen molar-refractivity contribution in [2.45, 2.75) is 86.0 Å². The molecule has 0 fully saturated rings. The lowest BCUT2D eigenvalue weighted by Crippen LogP contribution is -2.51. The number of esters is 2. The van der Waals surface area contributed by atoms with Gasteiger partial charge in [0.15, 0.2) is 11.5 Å². The molecule has 220 valence electrons. The molecule has 1 aromatic carbocycles. The Kier molecular flexibility index (Phi) is 13.2. The van der Waals surface area contributed by atoms with Crippen LogP contribution in [0.3, 0.4) is 0 Å². The Labute approximate surface area is 230 Å². The van der Waals surface area contributed by atoms with Gasteiger partial charge in [0.2, 0.25) is 0 Å². The first-order valence-electron chi connectivity index (χ1n) is 13.0. The molecule has 0 saturated heterocycles. The molecule has 0 saturated carbocycles. The van der Waals surface area contributed by atoms with Crippen LogP contribution in [0.15, 0.2) is 18.2 Å². The number of hydrogen-bond acceptors (Lipinski definition) is 11. The van der Waals surface area contributed by atoms with Crippen molar-refractivity contribution < 1.29 is 47.6 Å². The van der Waals surface area contributed by atoms with Crippen LogP contribution in [0.5, 0.6) is 11.5 Å². The van der Waals surface area contributed by atoms with E-state index in [0.717, 1.165) is 0 Å². The molecule has 0 aliphatic rings. The molecule has 0 aliphatic heterocycles. The Bertz CT molecular complexity index is 991. The number of benzene rings is 1. The molecule has 1 aromatic rings. The highest BCUT2D eigenvalue weighted by molar-refractivity contribution is 5.81. The van der Waals surface area contributed by atoms with Gasteiger partial charge < -0.3 is 34.2 Å². The van der Waals surface area contributed by atoms with Crippen LogP contribution in [0.2, 0.25) is 0 Å². The number of rotatable bonds is 13. The summed E-state index contributed by atoms with van der Waals surface area (Å²) >= 11 is 0. The van der Waals surface area contributed by atoms with Gasteiger partial charge in [-0.1, -0.05) is 47.6 Å². The topological polar surface area (TPSA) is 150 Å². The van der Waals surface area contributed by atoms with Crippen molar-refractivity contribution in [3.63, 3.8) is 0 Å². The average molecular weight is 554 g/mol. The van der Waals surface area contributed by atoms with Crippen LogP contribution in [0.1, 0.15) is 67.4 Å². The SMILES string of the molecule is COC(=O)[C@@](N)(CCOC(=O)C(C)C)Cc1ccc(OC(=O)O[C@@H](C)C(C)C)c(OC(=O)OC(C)C(C)C)c1. The third kappa shape index (κ3) is 11.1. The number of carbonyl (C=O) groups excluding carboxylic acids is 4. The second-order valence-corrected chi connectivity index (χ2v) is 10.5. The van der Waals surface area contributed by atoms with E-state index in [4.69, 9.17) is 34.2 Å². The van der Waals surface area contributed by atoms with E-state index in [9.17, 15) is 19.2 Å². The predicted octanol–water partition coefficient (Wildman–Crippen LogP) is 4.81. The molecular formula is C28H43NO10. The maximum absolute atomic E-state index is 12.6. The maximum atomic E-state index is 12.6. The minimum absolute atomic E-state index is 0.0278. The summed E-state index contributed by atoms with van der Waals surface area (Å²) in [5, 5.41) is 0. The monoisotopic (exact) mass is 553 g/mol. The van der Waals surface area contributed by atoms with E-state index in [1.807, 2.05) is 27.7 Å². The summed E-state index contributed by atoms with van der Waals surface area (Å²) in [5.41, 5.74) is 5.28. The summed E-state index contributed by atoms with van der Waals surface area (Å²) in [6.07, 6.45) is -2.93. The third-order valence-electron chi connectivity index (χ3n) is 6.21. The first-order valence-corrected chi connectivity index (χ1v) is 13.0. The Morgan fingerprint density at radius 1 is 0.821 bits per heavy atom. The summed E-state index contributed by atoms with van der Waals surface area (Å²) in [5.74, 6) is -1.62. The summed E-state index contributed by atoms with van der Waals surface area (Å²) in [4.78, 5) is 49.3. The first-order chi connectivity index (χ1) is 18.1. The van der Waals surface area contributed by atoms with Gasteiger partial charge in [0, 0.05) is 12.8 Å². The van der Waals surface area contributed by atoms with E-state index >= 15 is 0 Å². The summed E-state index contributed by atoms with van der Waals surface area (Å²) in [6, 6.07) is 4.34. The average Bonchev–Trinajstić information content (AvgIpc) is 2.84. The van der Waals surface area contributed by atoms with Crippen molar-refractivity contribution in [3.05, 3.63) is 23.8 Å². The maximum Gasteiger partial charge on any atom is 0.514 e. The van der Waals surface area contributed by atoms with Crippen LogP contribution >= 0.6 is 0 Å². The Morgan fingerprint density at radius 2 is 1.33 bits per heavy atom. The Hall–Kier alpha value is -3.34. The van der Waals surface area contributed by atoms with Crippen molar-refractivity contribution >= 4 is 24.2 Å². The van der Waals surface area contributed by atoms with Gasteiger partial charge in [-0.2, -0.15) is 0 Å². The molecule has 0 aliphatic carbocycles. The number of ether oxygens (including phenoxy) is 6. The molecule has 0 aromatic heterocycles. The summed E-state index contributed by atoms with van der Waals surface area (Å²) in [6.45, 7) is 14.3. The molecule has 1 rings (SSSR count). The van der Waals surface area contributed by atoms with Crippen molar-refractivity contribution in [3.8, 4) is 11.5 Å². The molecule has 0 radical (unpaired) electrons. The molecule has 39 heavy (non-hydrogen) atoms. The lowest BCUT2D eigenvalue weighted by Gasteiger charge is -2.27. The second kappa shape index (κ2) is 15.3. The standard InChI is InChI=1S/C28H43NO10/c1-16(2)19(7)36-26(32)38-22-11-10-21(14-23(22)39-27(33)37-20(8)17(3)4)15-28(29,25(31)34-9)12-13-35-24(30)18(5)6/h10-11,14,16-20H,12-13,15,29H2,1-9H3/t19-,20?,28+/m0/s1. The zero-order valence-corrected chi connectivity index (χ0v) is 24.4. The molecule has 11 nitrogen and oxygen atoms in total. The fourth-order valence-electron chi connectivity index (χ4n) is 2.96. The van der Waals surface area contributed by atoms with Crippen LogP contribution < -0.4 is 15.2 Å². The van der Waals surface area contributed by atoms with Gasteiger partial charge in [-0.05, 0) is 43.4 Å². The highest BCUT2D eigenvalue weighted by atomic mass is 16.8. The van der Waals surface area contributed by atoms with Crippen molar-refractivity contribution in [1.82, 2.24) is 0 Å². The van der Waals surface area contributed by atoms with E-state index in [2.05, 4.69) is 0 Å². The minimum Gasteiger partial charge on any atom is -0.468 e. The molecule has 0 bridgehead atoms. The highest BCUT2D eigenvalue weighted by Crippen LogP contribution is 2.32. The molecule has 11 heteroatoms. The van der Waals surface area contributed by atoms with Crippen molar-refractivity contribution in [1.29, 1.82) is 0 Å². The van der Waals surface area contributed by atoms with Gasteiger partial charge in [-0.25, -0.2) is 9.59 Å². The molecule has 2 N–H and O–H groups in total. The molecule has 0 heterocycles. The number of carbonyl (C=O) groups is 4. The zero-order chi connectivity index (χ0) is 29.9. The van der Waals surface area contributed by atoms with Crippen LogP contribution in [-0.2, 0) is 35.0 Å². The highest BCUT2D eigenvalue weighted by Gasteiger charge is 2.36. The third-order valence-corrected chi connectivity index (χ3v) is 6.21. The minimum atomic E-state index is -1.57. The van der Waals surface area contributed by atoms with Gasteiger partial charge >= 0.3 is 24.2 Å². The van der Waals surface area contributed by atoms with E-state index in [1.165, 1.54) is 19.2 Å². The predicted molar refractivity (Wildman–Crippen MR) is 142 cm³/mol. The number of methoxy groups -OCH3 is 1. The number of nitrogens with two attached hydrogens (primary N) is 1. The van der Waals surface area contributed by atoms with E-state index in [0.29, 0.717) is 5.56 Å². The first kappa shape index (κ1) is 33.7. The molecule has 0 spiro atoms. The largest absolute Gasteiger partial charge is 0.514 e. The van der Waals surface area contributed by atoms with Crippen LogP contribution in [-0.4, -0.2) is 55.7 Å². The zero-order valence-electron chi connectivity index (χ0n) is 24.4. The van der Waals surface area contributed by atoms with Crippen molar-refractivity contribution in [2.75, 3.05) is 13.7 Å². The van der Waals surface area contributed by atoms with Crippen molar-refractivity contribution in [2.24, 2.45) is 23.5 Å². The number of hydrogen-bond donors (Lipinski definition) is 1. The van der Waals surface area contributed by atoms with Crippen LogP contribution in [0.25, 0.3) is 0 Å². The van der Waals surface area contributed by atoms with Gasteiger partial charge in [-0.3, -0.25) is 9.59 Å². The Balaban J connectivity index is 3.25.